The van der Waals surface area contributed by atoms with Crippen LogP contribution in [0.2, 0.25) is 0 Å². The number of rotatable bonds is 6. The average molecular weight is 160 g/mol. The van der Waals surface area contributed by atoms with Gasteiger partial charge >= 0.3 is 0 Å². The van der Waals surface area contributed by atoms with Crippen LogP contribution in [-0.4, -0.2) is 18.7 Å². The Morgan fingerprint density at radius 2 is 2.27 bits per heavy atom. The lowest BCUT2D eigenvalue weighted by atomic mass is 10.3. The zero-order valence-corrected chi connectivity index (χ0v) is 6.88. The number of hydrogen-bond donors (Lipinski definition) is 2. The van der Waals surface area contributed by atoms with E-state index in [4.69, 9.17) is 16.2 Å². The number of amides is 1. The van der Waals surface area contributed by atoms with E-state index in [0.29, 0.717) is 19.4 Å². The standard InChI is InChI=1S/C7H16N2O2/c1-2-5-11-7(9)4-3-6(8)10/h7H,2-5,9H2,1H3,(H2,8,10). The van der Waals surface area contributed by atoms with Gasteiger partial charge in [0.25, 0.3) is 0 Å². The second kappa shape index (κ2) is 6.12. The first kappa shape index (κ1) is 10.4. The minimum absolute atomic E-state index is 0.297. The summed E-state index contributed by atoms with van der Waals surface area (Å²) < 4.78 is 5.11. The predicted molar refractivity (Wildman–Crippen MR) is 42.6 cm³/mol. The minimum Gasteiger partial charge on any atom is -0.370 e. The van der Waals surface area contributed by atoms with Crippen molar-refractivity contribution < 1.29 is 9.53 Å². The molecule has 0 bridgehead atoms. The summed E-state index contributed by atoms with van der Waals surface area (Å²) in [6, 6.07) is 0. The zero-order valence-electron chi connectivity index (χ0n) is 6.88. The number of carbonyl (C=O) groups excluding carboxylic acids is 1. The molecule has 0 aliphatic rings. The summed E-state index contributed by atoms with van der Waals surface area (Å²) >= 11 is 0. The third-order valence-corrected chi connectivity index (χ3v) is 1.21. The van der Waals surface area contributed by atoms with E-state index in [1.54, 1.807) is 0 Å². The third-order valence-electron chi connectivity index (χ3n) is 1.21. The number of primary amides is 1. The molecule has 4 heteroatoms. The topological polar surface area (TPSA) is 78.3 Å². The first-order valence-electron chi connectivity index (χ1n) is 3.82. The highest BCUT2D eigenvalue weighted by molar-refractivity contribution is 5.73. The molecule has 0 aromatic carbocycles. The Balaban J connectivity index is 3.22. The summed E-state index contributed by atoms with van der Waals surface area (Å²) in [6.45, 7) is 2.64. The van der Waals surface area contributed by atoms with Crippen LogP contribution in [0.25, 0.3) is 0 Å². The van der Waals surface area contributed by atoms with Crippen LogP contribution >= 0.6 is 0 Å². The molecule has 1 amide bonds. The Kier molecular flexibility index (Phi) is 5.78. The molecule has 4 nitrogen and oxygen atoms in total. The fourth-order valence-corrected chi connectivity index (χ4v) is 0.637. The lowest BCUT2D eigenvalue weighted by Gasteiger charge is -2.10. The maximum absolute atomic E-state index is 10.3. The van der Waals surface area contributed by atoms with Crippen molar-refractivity contribution in [1.82, 2.24) is 0 Å². The van der Waals surface area contributed by atoms with Gasteiger partial charge in [0.1, 0.15) is 6.23 Å². The Hall–Kier alpha value is -0.610. The normalized spacial score (nSPS) is 12.9. The van der Waals surface area contributed by atoms with Crippen LogP contribution in [0.5, 0.6) is 0 Å². The molecule has 0 saturated heterocycles. The molecule has 66 valence electrons. The first-order chi connectivity index (χ1) is 5.16. The molecule has 0 aromatic heterocycles. The van der Waals surface area contributed by atoms with Crippen molar-refractivity contribution in [1.29, 1.82) is 0 Å². The van der Waals surface area contributed by atoms with Gasteiger partial charge in [0.15, 0.2) is 0 Å². The summed E-state index contributed by atoms with van der Waals surface area (Å²) in [5, 5.41) is 0. The summed E-state index contributed by atoms with van der Waals surface area (Å²) in [5.41, 5.74) is 10.4. The van der Waals surface area contributed by atoms with Gasteiger partial charge in [0.05, 0.1) is 0 Å². The lowest BCUT2D eigenvalue weighted by Crippen LogP contribution is -2.26. The van der Waals surface area contributed by atoms with Crippen molar-refractivity contribution in [2.75, 3.05) is 6.61 Å². The largest absolute Gasteiger partial charge is 0.370 e. The maximum Gasteiger partial charge on any atom is 0.217 e. The van der Waals surface area contributed by atoms with Gasteiger partial charge in [-0.05, 0) is 12.8 Å². The molecular formula is C7H16N2O2. The van der Waals surface area contributed by atoms with E-state index in [9.17, 15) is 4.79 Å². The predicted octanol–water partition coefficient (Wildman–Crippen LogP) is -0.0367. The highest BCUT2D eigenvalue weighted by Gasteiger charge is 2.03. The van der Waals surface area contributed by atoms with Crippen molar-refractivity contribution in [2.45, 2.75) is 32.4 Å². The van der Waals surface area contributed by atoms with Gasteiger partial charge in [-0.25, -0.2) is 0 Å². The smallest absolute Gasteiger partial charge is 0.217 e. The van der Waals surface area contributed by atoms with E-state index in [1.165, 1.54) is 0 Å². The van der Waals surface area contributed by atoms with Crippen LogP contribution < -0.4 is 11.5 Å². The molecule has 0 aliphatic heterocycles. The number of nitrogens with two attached hydrogens (primary N) is 2. The first-order valence-corrected chi connectivity index (χ1v) is 3.82. The third kappa shape index (κ3) is 7.29. The van der Waals surface area contributed by atoms with Crippen LogP contribution in [0.3, 0.4) is 0 Å². The zero-order chi connectivity index (χ0) is 8.69. The van der Waals surface area contributed by atoms with E-state index in [2.05, 4.69) is 0 Å². The van der Waals surface area contributed by atoms with Gasteiger partial charge in [-0.3, -0.25) is 4.79 Å². The monoisotopic (exact) mass is 160 g/mol. The summed E-state index contributed by atoms with van der Waals surface area (Å²) in [7, 11) is 0. The highest BCUT2D eigenvalue weighted by Crippen LogP contribution is 1.95. The van der Waals surface area contributed by atoms with E-state index in [1.807, 2.05) is 6.92 Å². The summed E-state index contributed by atoms with van der Waals surface area (Å²) in [5.74, 6) is -0.333. The molecule has 0 aliphatic carbocycles. The van der Waals surface area contributed by atoms with Gasteiger partial charge in [0, 0.05) is 13.0 Å². The summed E-state index contributed by atoms with van der Waals surface area (Å²) in [4.78, 5) is 10.3. The van der Waals surface area contributed by atoms with Crippen molar-refractivity contribution in [2.24, 2.45) is 11.5 Å². The van der Waals surface area contributed by atoms with Gasteiger partial charge < -0.3 is 16.2 Å². The highest BCUT2D eigenvalue weighted by atomic mass is 16.5. The molecule has 11 heavy (non-hydrogen) atoms. The van der Waals surface area contributed by atoms with Crippen molar-refractivity contribution in [3.63, 3.8) is 0 Å². The van der Waals surface area contributed by atoms with Crippen LogP contribution in [0.15, 0.2) is 0 Å². The lowest BCUT2D eigenvalue weighted by molar-refractivity contribution is -0.118. The molecule has 1 atom stereocenters. The van der Waals surface area contributed by atoms with E-state index >= 15 is 0 Å². The van der Waals surface area contributed by atoms with Crippen LogP contribution in [-0.2, 0) is 9.53 Å². The fourth-order valence-electron chi connectivity index (χ4n) is 0.637. The van der Waals surface area contributed by atoms with Crippen molar-refractivity contribution in [3.8, 4) is 0 Å². The number of ether oxygens (including phenoxy) is 1. The second-order valence-corrected chi connectivity index (χ2v) is 2.41. The Morgan fingerprint density at radius 3 is 2.73 bits per heavy atom. The van der Waals surface area contributed by atoms with E-state index < -0.39 is 0 Å². The number of hydrogen-bond acceptors (Lipinski definition) is 3. The molecule has 0 fully saturated rings. The molecule has 4 N–H and O–H groups in total. The Morgan fingerprint density at radius 1 is 1.64 bits per heavy atom. The summed E-state index contributed by atoms with van der Waals surface area (Å²) in [6.07, 6.45) is 1.40. The van der Waals surface area contributed by atoms with Gasteiger partial charge in [-0.15, -0.1) is 0 Å². The van der Waals surface area contributed by atoms with Crippen molar-refractivity contribution >= 4 is 5.91 Å². The SMILES string of the molecule is CCCOC(N)CCC(N)=O. The molecular weight excluding hydrogens is 144 g/mol. The molecule has 0 heterocycles. The second-order valence-electron chi connectivity index (χ2n) is 2.41. The Bertz CT molecular complexity index is 117. The minimum atomic E-state index is -0.345. The molecule has 0 saturated carbocycles. The maximum atomic E-state index is 10.3. The van der Waals surface area contributed by atoms with Crippen LogP contribution in [0.4, 0.5) is 0 Å². The van der Waals surface area contributed by atoms with Gasteiger partial charge in [0.2, 0.25) is 5.91 Å². The Labute approximate surface area is 66.9 Å². The van der Waals surface area contributed by atoms with E-state index in [-0.39, 0.29) is 12.1 Å². The van der Waals surface area contributed by atoms with Crippen LogP contribution in [0.1, 0.15) is 26.2 Å². The van der Waals surface area contributed by atoms with Gasteiger partial charge in [-0.1, -0.05) is 6.92 Å². The molecule has 0 spiro atoms. The van der Waals surface area contributed by atoms with Crippen LogP contribution in [0, 0.1) is 0 Å². The molecule has 0 aromatic rings. The molecule has 1 unspecified atom stereocenters. The van der Waals surface area contributed by atoms with Crippen molar-refractivity contribution in [3.05, 3.63) is 0 Å². The average Bonchev–Trinajstić information content (AvgIpc) is 1.97. The number of carbonyl (C=O) groups is 1. The molecule has 0 rings (SSSR count). The molecule has 0 radical (unpaired) electrons. The van der Waals surface area contributed by atoms with Gasteiger partial charge in [-0.2, -0.15) is 0 Å². The fraction of sp³-hybridized carbons (Fsp3) is 0.857. The van der Waals surface area contributed by atoms with E-state index in [0.717, 1.165) is 6.42 Å². The quantitative estimate of drug-likeness (QED) is 0.535.